The fourth-order valence-electron chi connectivity index (χ4n) is 2.43. The lowest BCUT2D eigenvalue weighted by atomic mass is 10.1. The minimum absolute atomic E-state index is 0.207. The summed E-state index contributed by atoms with van der Waals surface area (Å²) in [5.41, 5.74) is 2.26. The summed E-state index contributed by atoms with van der Waals surface area (Å²) in [5, 5.41) is 19.5. The fraction of sp³-hybridized carbons (Fsp3) is 0.375. The van der Waals surface area contributed by atoms with Crippen molar-refractivity contribution in [3.05, 3.63) is 54.1 Å². The first-order valence-electron chi connectivity index (χ1n) is 7.75. The summed E-state index contributed by atoms with van der Waals surface area (Å²) < 4.78 is 3.68. The summed E-state index contributed by atoms with van der Waals surface area (Å²) in [6.07, 6.45) is 3.71. The molecule has 7 nitrogen and oxygen atoms in total. The number of hydrogen-bond acceptors (Lipinski definition) is 5. The van der Waals surface area contributed by atoms with E-state index in [-0.39, 0.29) is 12.1 Å². The van der Waals surface area contributed by atoms with E-state index in [0.717, 1.165) is 11.5 Å². The molecule has 0 aliphatic rings. The Kier molecular flexibility index (Phi) is 4.47. The van der Waals surface area contributed by atoms with Gasteiger partial charge in [0.05, 0.1) is 18.3 Å². The number of rotatable bonds is 6. The Hall–Kier alpha value is -2.54. The van der Waals surface area contributed by atoms with Crippen LogP contribution < -0.4 is 5.32 Å². The highest BCUT2D eigenvalue weighted by Gasteiger charge is 2.11. The van der Waals surface area contributed by atoms with Gasteiger partial charge in [-0.15, -0.1) is 5.10 Å². The van der Waals surface area contributed by atoms with Crippen LogP contribution in [0, 0.1) is 0 Å². The van der Waals surface area contributed by atoms with Gasteiger partial charge in [-0.25, -0.2) is 9.36 Å². The topological polar surface area (TPSA) is 73.5 Å². The second kappa shape index (κ2) is 6.70. The van der Waals surface area contributed by atoms with Gasteiger partial charge in [0.1, 0.15) is 0 Å². The first-order chi connectivity index (χ1) is 11.1. The van der Waals surface area contributed by atoms with Crippen molar-refractivity contribution in [2.75, 3.05) is 0 Å². The molecule has 0 aliphatic heterocycles. The molecule has 0 bridgehead atoms. The molecule has 3 aromatic rings. The normalized spacial score (nSPS) is 12.7. The van der Waals surface area contributed by atoms with Gasteiger partial charge < -0.3 is 5.32 Å². The van der Waals surface area contributed by atoms with Crippen LogP contribution in [-0.4, -0.2) is 30.0 Å². The van der Waals surface area contributed by atoms with Crippen LogP contribution in [0.3, 0.4) is 0 Å². The summed E-state index contributed by atoms with van der Waals surface area (Å²) in [6.45, 7) is 6.90. The summed E-state index contributed by atoms with van der Waals surface area (Å²) >= 11 is 0. The molecule has 0 radical (unpaired) electrons. The maximum absolute atomic E-state index is 4.23. The monoisotopic (exact) mass is 311 g/mol. The van der Waals surface area contributed by atoms with Gasteiger partial charge in [-0.3, -0.25) is 0 Å². The van der Waals surface area contributed by atoms with Crippen LogP contribution in [-0.2, 0) is 6.54 Å². The molecule has 0 fully saturated rings. The van der Waals surface area contributed by atoms with Crippen LogP contribution in [0.2, 0.25) is 0 Å². The zero-order valence-electron chi connectivity index (χ0n) is 13.6. The summed E-state index contributed by atoms with van der Waals surface area (Å²) in [6, 6.07) is 10.7. The van der Waals surface area contributed by atoms with E-state index in [1.54, 1.807) is 6.20 Å². The van der Waals surface area contributed by atoms with Crippen LogP contribution in [0.1, 0.15) is 44.2 Å². The van der Waals surface area contributed by atoms with Gasteiger partial charge in [-0.2, -0.15) is 5.10 Å². The van der Waals surface area contributed by atoms with E-state index in [9.17, 15) is 0 Å². The van der Waals surface area contributed by atoms with E-state index >= 15 is 0 Å². The van der Waals surface area contributed by atoms with Gasteiger partial charge in [-0.1, -0.05) is 12.1 Å². The van der Waals surface area contributed by atoms with Crippen LogP contribution in [0.5, 0.6) is 0 Å². The quantitative estimate of drug-likeness (QED) is 0.756. The Morgan fingerprint density at radius 3 is 2.57 bits per heavy atom. The van der Waals surface area contributed by atoms with Crippen molar-refractivity contribution < 1.29 is 0 Å². The molecule has 23 heavy (non-hydrogen) atoms. The van der Waals surface area contributed by atoms with Crippen molar-refractivity contribution in [3.63, 3.8) is 0 Å². The lowest BCUT2D eigenvalue weighted by Gasteiger charge is -2.15. The lowest BCUT2D eigenvalue weighted by Crippen LogP contribution is -2.21. The largest absolute Gasteiger partial charge is 0.303 e. The third-order valence-corrected chi connectivity index (χ3v) is 3.78. The molecule has 0 aliphatic carbocycles. The minimum atomic E-state index is 0.207. The summed E-state index contributed by atoms with van der Waals surface area (Å²) in [7, 11) is 0. The molecule has 7 heteroatoms. The molecule has 0 saturated carbocycles. The van der Waals surface area contributed by atoms with Crippen molar-refractivity contribution in [2.45, 2.75) is 39.4 Å². The molecule has 0 amide bonds. The molecule has 0 spiro atoms. The van der Waals surface area contributed by atoms with Crippen molar-refractivity contribution in [3.8, 4) is 5.69 Å². The predicted octanol–water partition coefficient (Wildman–Crippen LogP) is 2.29. The Morgan fingerprint density at radius 1 is 1.13 bits per heavy atom. The van der Waals surface area contributed by atoms with Gasteiger partial charge in [0.15, 0.2) is 5.82 Å². The van der Waals surface area contributed by atoms with Crippen molar-refractivity contribution in [1.29, 1.82) is 0 Å². The molecule has 3 rings (SSSR count). The first kappa shape index (κ1) is 15.4. The maximum Gasteiger partial charge on any atom is 0.165 e. The number of hydrogen-bond donors (Lipinski definition) is 1. The van der Waals surface area contributed by atoms with Crippen LogP contribution >= 0.6 is 0 Å². The minimum Gasteiger partial charge on any atom is -0.303 e. The average molecular weight is 311 g/mol. The highest BCUT2D eigenvalue weighted by Crippen LogP contribution is 2.16. The Balaban J connectivity index is 1.64. The van der Waals surface area contributed by atoms with Gasteiger partial charge >= 0.3 is 0 Å². The SMILES string of the molecule is CC(C)n1nnnc1CN[C@H](C)c1ccc(-n2cccn2)cc1. The Labute approximate surface area is 135 Å². The highest BCUT2D eigenvalue weighted by atomic mass is 15.5. The maximum atomic E-state index is 4.23. The molecule has 1 N–H and O–H groups in total. The van der Waals surface area contributed by atoms with Crippen LogP contribution in [0.25, 0.3) is 5.69 Å². The van der Waals surface area contributed by atoms with Gasteiger partial charge in [0.25, 0.3) is 0 Å². The van der Waals surface area contributed by atoms with E-state index < -0.39 is 0 Å². The third kappa shape index (κ3) is 3.45. The van der Waals surface area contributed by atoms with E-state index in [1.807, 2.05) is 21.6 Å². The van der Waals surface area contributed by atoms with Crippen molar-refractivity contribution in [2.24, 2.45) is 0 Å². The van der Waals surface area contributed by atoms with Gasteiger partial charge in [0, 0.05) is 18.4 Å². The molecule has 0 saturated heterocycles. The Morgan fingerprint density at radius 2 is 1.91 bits per heavy atom. The molecule has 120 valence electrons. The number of nitrogens with zero attached hydrogens (tertiary/aromatic N) is 6. The number of benzene rings is 1. The highest BCUT2D eigenvalue weighted by molar-refractivity contribution is 5.34. The molecule has 2 heterocycles. The average Bonchev–Trinajstić information content (AvgIpc) is 3.24. The standard InChI is InChI=1S/C16H21N7/c1-12(2)23-16(19-20-21-23)11-17-13(3)14-5-7-15(8-6-14)22-10-4-9-18-22/h4-10,12-13,17H,11H2,1-3H3/t13-/m1/s1. The zero-order chi connectivity index (χ0) is 16.2. The second-order valence-corrected chi connectivity index (χ2v) is 5.78. The smallest absolute Gasteiger partial charge is 0.165 e. The number of aromatic nitrogens is 6. The fourth-order valence-corrected chi connectivity index (χ4v) is 2.43. The van der Waals surface area contributed by atoms with E-state index in [4.69, 9.17) is 0 Å². The molecular weight excluding hydrogens is 290 g/mol. The lowest BCUT2D eigenvalue weighted by molar-refractivity contribution is 0.468. The predicted molar refractivity (Wildman–Crippen MR) is 87.0 cm³/mol. The second-order valence-electron chi connectivity index (χ2n) is 5.78. The zero-order valence-corrected chi connectivity index (χ0v) is 13.6. The summed E-state index contributed by atoms with van der Waals surface area (Å²) in [4.78, 5) is 0. The number of tetrazole rings is 1. The number of nitrogens with one attached hydrogen (secondary N) is 1. The van der Waals surface area contributed by atoms with Crippen LogP contribution in [0.15, 0.2) is 42.7 Å². The van der Waals surface area contributed by atoms with Crippen molar-refractivity contribution in [1.82, 2.24) is 35.3 Å². The Bertz CT molecular complexity index is 728. The molecule has 1 atom stereocenters. The van der Waals surface area contributed by atoms with Gasteiger partial charge in [0.2, 0.25) is 0 Å². The molecule has 0 unspecified atom stereocenters. The first-order valence-corrected chi connectivity index (χ1v) is 7.75. The van der Waals surface area contributed by atoms with E-state index in [0.29, 0.717) is 6.54 Å². The molecular formula is C16H21N7. The van der Waals surface area contributed by atoms with E-state index in [1.165, 1.54) is 5.56 Å². The van der Waals surface area contributed by atoms with E-state index in [2.05, 4.69) is 71.0 Å². The molecule has 1 aromatic carbocycles. The van der Waals surface area contributed by atoms with Crippen LogP contribution in [0.4, 0.5) is 0 Å². The summed E-state index contributed by atoms with van der Waals surface area (Å²) in [5.74, 6) is 0.847. The molecule has 2 aromatic heterocycles. The van der Waals surface area contributed by atoms with Crippen molar-refractivity contribution >= 4 is 0 Å². The third-order valence-electron chi connectivity index (χ3n) is 3.78. The van der Waals surface area contributed by atoms with Gasteiger partial charge in [-0.05, 0) is 55.0 Å².